The second kappa shape index (κ2) is 11.9. The predicted octanol–water partition coefficient (Wildman–Crippen LogP) is 6.33. The molecule has 0 spiro atoms. The molecule has 2 aromatic carbocycles. The van der Waals surface area contributed by atoms with Gasteiger partial charge in [0, 0.05) is 24.0 Å². The minimum absolute atomic E-state index is 0. The van der Waals surface area contributed by atoms with E-state index in [2.05, 4.69) is 46.9 Å². The van der Waals surface area contributed by atoms with Crippen LogP contribution in [0.3, 0.4) is 0 Å². The number of nitrogens with zero attached hydrogens (tertiary/aromatic N) is 2. The van der Waals surface area contributed by atoms with Gasteiger partial charge in [0.05, 0.1) is 13.3 Å². The third-order valence-corrected chi connectivity index (χ3v) is 5.15. The summed E-state index contributed by atoms with van der Waals surface area (Å²) in [6.45, 7) is 5.68. The van der Waals surface area contributed by atoms with Crippen LogP contribution in [0.5, 0.6) is 0 Å². The van der Waals surface area contributed by atoms with Gasteiger partial charge in [0.15, 0.2) is 0 Å². The van der Waals surface area contributed by atoms with E-state index in [0.29, 0.717) is 18.3 Å². The standard InChI is InChI=1S/C23H24Cl2N2O.ClH/c1-2-17-28-22(20-10-12-21(24)13-11-20)23(25)27-16-15-26(18-27)14-6-9-19-7-4-3-5-8-19;/h2-13,15-16,22-23H,1,14,17-18H2;1H/b9-6+;. The maximum absolute atomic E-state index is 6.80. The number of benzene rings is 2. The van der Waals surface area contributed by atoms with Crippen LogP contribution in [0, 0.1) is 0 Å². The van der Waals surface area contributed by atoms with E-state index >= 15 is 0 Å². The molecule has 3 rings (SSSR count). The van der Waals surface area contributed by atoms with Crippen molar-refractivity contribution in [1.29, 1.82) is 0 Å². The van der Waals surface area contributed by atoms with Crippen molar-refractivity contribution in [2.75, 3.05) is 19.8 Å². The fraction of sp³-hybridized carbons (Fsp3) is 0.217. The zero-order chi connectivity index (χ0) is 19.8. The Bertz CT molecular complexity index is 809. The molecule has 0 aliphatic carbocycles. The summed E-state index contributed by atoms with van der Waals surface area (Å²) < 4.78 is 5.96. The first kappa shape index (κ1) is 23.4. The quantitative estimate of drug-likeness (QED) is 0.252. The lowest BCUT2D eigenvalue weighted by Crippen LogP contribution is -2.35. The Hall–Kier alpha value is -1.91. The first-order chi connectivity index (χ1) is 13.7. The van der Waals surface area contributed by atoms with E-state index < -0.39 is 0 Å². The van der Waals surface area contributed by atoms with Crippen LogP contribution in [0.1, 0.15) is 17.2 Å². The number of hydrogen-bond donors (Lipinski definition) is 0. The molecule has 2 atom stereocenters. The molecule has 29 heavy (non-hydrogen) atoms. The smallest absolute Gasteiger partial charge is 0.135 e. The zero-order valence-electron chi connectivity index (χ0n) is 16.0. The van der Waals surface area contributed by atoms with E-state index in [1.807, 2.05) is 48.7 Å². The Morgan fingerprint density at radius 2 is 1.79 bits per heavy atom. The highest BCUT2D eigenvalue weighted by atomic mass is 35.5. The van der Waals surface area contributed by atoms with Gasteiger partial charge in [0.1, 0.15) is 11.6 Å². The number of rotatable bonds is 9. The van der Waals surface area contributed by atoms with Crippen molar-refractivity contribution in [2.45, 2.75) is 11.6 Å². The molecule has 1 heterocycles. The Labute approximate surface area is 189 Å². The van der Waals surface area contributed by atoms with E-state index in [1.165, 1.54) is 5.56 Å². The van der Waals surface area contributed by atoms with Gasteiger partial charge >= 0.3 is 0 Å². The molecule has 1 aliphatic rings. The molecular weight excluding hydrogens is 427 g/mol. The summed E-state index contributed by atoms with van der Waals surface area (Å²) in [7, 11) is 0. The van der Waals surface area contributed by atoms with Crippen molar-refractivity contribution in [2.24, 2.45) is 0 Å². The third kappa shape index (κ3) is 6.83. The molecule has 0 aromatic heterocycles. The Kier molecular flexibility index (Phi) is 9.62. The summed E-state index contributed by atoms with van der Waals surface area (Å²) in [6.07, 6.45) is 9.77. The van der Waals surface area contributed by atoms with Crippen LogP contribution in [0.4, 0.5) is 0 Å². The van der Waals surface area contributed by atoms with Gasteiger partial charge in [-0.3, -0.25) is 0 Å². The normalized spacial score (nSPS) is 15.4. The summed E-state index contributed by atoms with van der Waals surface area (Å²) in [5.41, 5.74) is 1.83. The lowest BCUT2D eigenvalue weighted by atomic mass is 10.1. The van der Waals surface area contributed by atoms with E-state index in [-0.39, 0.29) is 24.0 Å². The van der Waals surface area contributed by atoms with Crippen LogP contribution >= 0.6 is 35.6 Å². The minimum Gasteiger partial charge on any atom is -0.366 e. The molecule has 154 valence electrons. The van der Waals surface area contributed by atoms with E-state index in [1.54, 1.807) is 6.08 Å². The number of halogens is 3. The second-order valence-corrected chi connectivity index (χ2v) is 7.39. The van der Waals surface area contributed by atoms with E-state index in [0.717, 1.165) is 12.1 Å². The highest BCUT2D eigenvalue weighted by molar-refractivity contribution is 6.30. The van der Waals surface area contributed by atoms with Crippen molar-refractivity contribution >= 4 is 41.7 Å². The van der Waals surface area contributed by atoms with Crippen LogP contribution in [-0.4, -0.2) is 35.1 Å². The van der Waals surface area contributed by atoms with Crippen molar-refractivity contribution in [3.05, 3.63) is 102 Å². The lowest BCUT2D eigenvalue weighted by Gasteiger charge is -2.31. The largest absolute Gasteiger partial charge is 0.366 e. The number of ether oxygens (including phenoxy) is 1. The summed E-state index contributed by atoms with van der Waals surface area (Å²) in [5.74, 6) is 0. The Morgan fingerprint density at radius 3 is 2.48 bits per heavy atom. The maximum atomic E-state index is 6.80. The second-order valence-electron chi connectivity index (χ2n) is 6.50. The average Bonchev–Trinajstić information content (AvgIpc) is 3.19. The molecule has 3 nitrogen and oxygen atoms in total. The first-order valence-corrected chi connectivity index (χ1v) is 10.0. The van der Waals surface area contributed by atoms with Gasteiger partial charge in [-0.05, 0) is 23.3 Å². The summed E-state index contributed by atoms with van der Waals surface area (Å²) >= 11 is 12.8. The van der Waals surface area contributed by atoms with Gasteiger partial charge in [-0.2, -0.15) is 0 Å². The third-order valence-electron chi connectivity index (χ3n) is 4.42. The molecular formula is C23H25Cl3N2O. The van der Waals surface area contributed by atoms with Gasteiger partial charge < -0.3 is 14.5 Å². The highest BCUT2D eigenvalue weighted by Crippen LogP contribution is 2.30. The highest BCUT2D eigenvalue weighted by Gasteiger charge is 2.28. The van der Waals surface area contributed by atoms with Gasteiger partial charge in [0.2, 0.25) is 0 Å². The monoisotopic (exact) mass is 450 g/mol. The van der Waals surface area contributed by atoms with Crippen molar-refractivity contribution in [3.63, 3.8) is 0 Å². The molecule has 0 radical (unpaired) electrons. The summed E-state index contributed by atoms with van der Waals surface area (Å²) in [5, 5.41) is 0.690. The summed E-state index contributed by atoms with van der Waals surface area (Å²) in [6, 6.07) is 17.9. The van der Waals surface area contributed by atoms with Crippen molar-refractivity contribution < 1.29 is 4.74 Å². The fourth-order valence-corrected chi connectivity index (χ4v) is 3.45. The molecule has 1 aliphatic heterocycles. The predicted molar refractivity (Wildman–Crippen MR) is 125 cm³/mol. The zero-order valence-corrected chi connectivity index (χ0v) is 18.4. The van der Waals surface area contributed by atoms with Crippen LogP contribution in [0.2, 0.25) is 5.02 Å². The lowest BCUT2D eigenvalue weighted by molar-refractivity contribution is 0.0346. The van der Waals surface area contributed by atoms with Crippen LogP contribution < -0.4 is 0 Å². The molecule has 0 amide bonds. The van der Waals surface area contributed by atoms with Crippen molar-refractivity contribution in [3.8, 4) is 0 Å². The maximum Gasteiger partial charge on any atom is 0.135 e. The molecule has 2 unspecified atom stereocenters. The average molecular weight is 452 g/mol. The van der Waals surface area contributed by atoms with E-state index in [9.17, 15) is 0 Å². The topological polar surface area (TPSA) is 15.7 Å². The first-order valence-electron chi connectivity index (χ1n) is 9.19. The SMILES string of the molecule is C=CCOC(c1ccc(Cl)cc1)C(Cl)N1C=CN(C/C=C/c2ccccc2)C1.Cl. The molecule has 0 fully saturated rings. The molecule has 0 saturated heterocycles. The fourth-order valence-electron chi connectivity index (χ4n) is 2.98. The molecule has 0 N–H and O–H groups in total. The van der Waals surface area contributed by atoms with Gasteiger partial charge in [0.25, 0.3) is 0 Å². The van der Waals surface area contributed by atoms with Gasteiger partial charge in [-0.15, -0.1) is 19.0 Å². The van der Waals surface area contributed by atoms with Crippen LogP contribution in [0.15, 0.2) is 85.7 Å². The Balaban J connectivity index is 0.00000300. The number of alkyl halides is 1. The molecule has 0 saturated carbocycles. The summed E-state index contributed by atoms with van der Waals surface area (Å²) in [4.78, 5) is 4.27. The number of hydrogen-bond acceptors (Lipinski definition) is 3. The molecule has 6 heteroatoms. The van der Waals surface area contributed by atoms with E-state index in [4.69, 9.17) is 27.9 Å². The van der Waals surface area contributed by atoms with Crippen LogP contribution in [-0.2, 0) is 4.74 Å². The van der Waals surface area contributed by atoms with Crippen LogP contribution in [0.25, 0.3) is 6.08 Å². The Morgan fingerprint density at radius 1 is 1.07 bits per heavy atom. The van der Waals surface area contributed by atoms with Gasteiger partial charge in [-0.25, -0.2) is 0 Å². The molecule has 0 bridgehead atoms. The minimum atomic E-state index is -0.347. The molecule has 2 aromatic rings. The van der Waals surface area contributed by atoms with Gasteiger partial charge in [-0.1, -0.05) is 83.9 Å². The van der Waals surface area contributed by atoms with Crippen molar-refractivity contribution in [1.82, 2.24) is 9.80 Å².